The number of fused-ring (bicyclic) bond motifs is 3. The van der Waals surface area contributed by atoms with Gasteiger partial charge in [0.05, 0.1) is 16.8 Å². The highest BCUT2D eigenvalue weighted by Gasteiger charge is 2.47. The zero-order valence-corrected chi connectivity index (χ0v) is 24.3. The van der Waals surface area contributed by atoms with Gasteiger partial charge in [0.2, 0.25) is 0 Å². The number of nitrogens with two attached hydrogens (primary N) is 2. The molecule has 6 aromatic carbocycles. The largest absolute Gasteiger partial charge is 0.505 e. The predicted octanol–water partition coefficient (Wildman–Crippen LogP) is 7.92. The molecule has 0 radical (unpaired) electrons. The quantitative estimate of drug-likeness (QED) is 0.0967. The summed E-state index contributed by atoms with van der Waals surface area (Å²) in [5.74, 6) is 5.54. The Morgan fingerprint density at radius 2 is 0.889 bits per heavy atom. The van der Waals surface area contributed by atoms with Crippen molar-refractivity contribution >= 4 is 11.4 Å². The number of phenolic OH excluding ortho intramolecular Hbond substituents is 2. The minimum absolute atomic E-state index is 0.000835. The lowest BCUT2D eigenvalue weighted by atomic mass is 9.66. The SMILES string of the molecule is C#Cc1ccc2c(c1)-c1cc(C#C)ccc1C2(c1cc(N)c(O)c(-c2ccccc2)c1)c1cc(N)c(O)c(-c2ccccc2)c1. The number of benzene rings is 6. The fourth-order valence-corrected chi connectivity index (χ4v) is 6.72. The molecular weight excluding hydrogens is 552 g/mol. The molecule has 0 fully saturated rings. The van der Waals surface area contributed by atoms with Gasteiger partial charge in [0, 0.05) is 22.3 Å². The van der Waals surface area contributed by atoms with Crippen LogP contribution in [0.15, 0.2) is 121 Å². The second kappa shape index (κ2) is 10.4. The van der Waals surface area contributed by atoms with Crippen molar-refractivity contribution in [2.75, 3.05) is 11.5 Å². The molecule has 4 heteroatoms. The van der Waals surface area contributed by atoms with E-state index in [-0.39, 0.29) is 22.9 Å². The second-order valence-corrected chi connectivity index (χ2v) is 11.2. The molecule has 0 saturated heterocycles. The first-order valence-corrected chi connectivity index (χ1v) is 14.5. The first-order chi connectivity index (χ1) is 21.9. The smallest absolute Gasteiger partial charge is 0.146 e. The van der Waals surface area contributed by atoms with Crippen molar-refractivity contribution in [1.29, 1.82) is 0 Å². The fraction of sp³-hybridized carbons (Fsp3) is 0.0244. The molecule has 0 spiro atoms. The number of anilines is 2. The Balaban J connectivity index is 1.67. The molecule has 0 unspecified atom stereocenters. The molecule has 1 aliphatic rings. The Kier molecular flexibility index (Phi) is 6.36. The fourth-order valence-electron chi connectivity index (χ4n) is 6.72. The lowest BCUT2D eigenvalue weighted by Crippen LogP contribution is -2.29. The zero-order valence-electron chi connectivity index (χ0n) is 24.3. The van der Waals surface area contributed by atoms with Gasteiger partial charge >= 0.3 is 0 Å². The van der Waals surface area contributed by atoms with E-state index in [0.29, 0.717) is 11.1 Å². The van der Waals surface area contributed by atoms with Crippen LogP contribution < -0.4 is 11.5 Å². The highest BCUT2D eigenvalue weighted by atomic mass is 16.3. The lowest BCUT2D eigenvalue weighted by molar-refractivity contribution is 0.479. The maximum absolute atomic E-state index is 11.3. The Labute approximate surface area is 262 Å². The summed E-state index contributed by atoms with van der Waals surface area (Å²) in [5.41, 5.74) is 22.3. The van der Waals surface area contributed by atoms with Gasteiger partial charge in [-0.3, -0.25) is 0 Å². The normalized spacial score (nSPS) is 12.5. The van der Waals surface area contributed by atoms with Crippen molar-refractivity contribution in [2.45, 2.75) is 5.41 Å². The van der Waals surface area contributed by atoms with E-state index in [2.05, 4.69) is 11.8 Å². The van der Waals surface area contributed by atoms with Crippen molar-refractivity contribution in [3.63, 3.8) is 0 Å². The summed E-state index contributed by atoms with van der Waals surface area (Å²) in [6.07, 6.45) is 11.8. The number of phenols is 2. The summed E-state index contributed by atoms with van der Waals surface area (Å²) >= 11 is 0. The molecule has 0 bridgehead atoms. The summed E-state index contributed by atoms with van der Waals surface area (Å²) in [7, 11) is 0. The molecule has 4 nitrogen and oxygen atoms in total. The van der Waals surface area contributed by atoms with Crippen molar-refractivity contribution in [3.8, 4) is 69.6 Å². The molecule has 45 heavy (non-hydrogen) atoms. The van der Waals surface area contributed by atoms with E-state index >= 15 is 0 Å². The van der Waals surface area contributed by atoms with E-state index in [4.69, 9.17) is 24.3 Å². The summed E-state index contributed by atoms with van der Waals surface area (Å²) in [4.78, 5) is 0. The van der Waals surface area contributed by atoms with Crippen LogP contribution in [0.4, 0.5) is 11.4 Å². The van der Waals surface area contributed by atoms with Crippen LogP contribution in [0.1, 0.15) is 33.4 Å². The average molecular weight is 581 g/mol. The van der Waals surface area contributed by atoms with E-state index in [1.54, 1.807) is 0 Å². The first kappa shape index (κ1) is 27.5. The number of aromatic hydroxyl groups is 2. The van der Waals surface area contributed by atoms with Gasteiger partial charge < -0.3 is 21.7 Å². The molecule has 0 aromatic heterocycles. The third kappa shape index (κ3) is 4.13. The Morgan fingerprint density at radius 3 is 1.27 bits per heavy atom. The highest BCUT2D eigenvalue weighted by Crippen LogP contribution is 2.59. The molecule has 6 aromatic rings. The van der Waals surface area contributed by atoms with E-state index < -0.39 is 5.41 Å². The standard InChI is InChI=1S/C41H28N2O2/c1-3-25-15-17-35-33(19-25)34-20-26(4-2)16-18-36(34)41(35,29-21-31(39(44)37(42)23-29)27-11-7-5-8-12-27)30-22-32(40(45)38(43)24-30)28-13-9-6-10-14-28/h1-2,5-24,44-45H,42-43H2. The molecule has 0 atom stereocenters. The number of hydrogen-bond donors (Lipinski definition) is 4. The number of nitrogen functional groups attached to an aromatic ring is 2. The Bertz CT molecular complexity index is 2060. The molecule has 0 amide bonds. The van der Waals surface area contributed by atoms with Crippen molar-refractivity contribution in [2.24, 2.45) is 0 Å². The van der Waals surface area contributed by atoms with Gasteiger partial charge in [-0.2, -0.15) is 0 Å². The minimum Gasteiger partial charge on any atom is -0.505 e. The topological polar surface area (TPSA) is 92.5 Å². The van der Waals surface area contributed by atoms with Crippen molar-refractivity contribution in [3.05, 3.63) is 155 Å². The van der Waals surface area contributed by atoms with Gasteiger partial charge in [0.1, 0.15) is 11.5 Å². The van der Waals surface area contributed by atoms with E-state index in [1.807, 2.05) is 121 Å². The van der Waals surface area contributed by atoms with Gasteiger partial charge in [-0.25, -0.2) is 0 Å². The van der Waals surface area contributed by atoms with Crippen LogP contribution in [0.2, 0.25) is 0 Å². The first-order valence-electron chi connectivity index (χ1n) is 14.5. The maximum atomic E-state index is 11.3. The summed E-state index contributed by atoms with van der Waals surface area (Å²) in [6, 6.07) is 38.8. The van der Waals surface area contributed by atoms with Gasteiger partial charge in [-0.1, -0.05) is 84.6 Å². The van der Waals surface area contributed by atoms with Crippen LogP contribution in [0, 0.1) is 24.7 Å². The average Bonchev–Trinajstić information content (AvgIpc) is 3.37. The lowest BCUT2D eigenvalue weighted by Gasteiger charge is -2.35. The van der Waals surface area contributed by atoms with Gasteiger partial charge in [0.15, 0.2) is 0 Å². The summed E-state index contributed by atoms with van der Waals surface area (Å²) < 4.78 is 0. The minimum atomic E-state index is -0.984. The van der Waals surface area contributed by atoms with Gasteiger partial charge in [-0.15, -0.1) is 12.8 Å². The molecule has 0 aliphatic heterocycles. The van der Waals surface area contributed by atoms with E-state index in [0.717, 1.165) is 55.6 Å². The molecular formula is C41H28N2O2. The molecule has 7 rings (SSSR count). The van der Waals surface area contributed by atoms with Crippen molar-refractivity contribution in [1.82, 2.24) is 0 Å². The predicted molar refractivity (Wildman–Crippen MR) is 183 cm³/mol. The number of rotatable bonds is 4. The van der Waals surface area contributed by atoms with Crippen LogP contribution in [-0.4, -0.2) is 10.2 Å². The van der Waals surface area contributed by atoms with Gasteiger partial charge in [0.25, 0.3) is 0 Å². The highest BCUT2D eigenvalue weighted by molar-refractivity contribution is 5.91. The molecule has 1 aliphatic carbocycles. The molecule has 214 valence electrons. The number of terminal acetylenes is 2. The molecule has 0 heterocycles. The Hall–Kier alpha value is -6.36. The Morgan fingerprint density at radius 1 is 0.489 bits per heavy atom. The van der Waals surface area contributed by atoms with Crippen molar-refractivity contribution < 1.29 is 10.2 Å². The third-order valence-electron chi connectivity index (χ3n) is 8.79. The monoisotopic (exact) mass is 580 g/mol. The summed E-state index contributed by atoms with van der Waals surface area (Å²) in [5, 5.41) is 22.5. The zero-order chi connectivity index (χ0) is 31.3. The van der Waals surface area contributed by atoms with Crippen LogP contribution in [0.25, 0.3) is 33.4 Å². The van der Waals surface area contributed by atoms with E-state index in [9.17, 15) is 10.2 Å². The maximum Gasteiger partial charge on any atom is 0.146 e. The second-order valence-electron chi connectivity index (χ2n) is 11.2. The third-order valence-corrected chi connectivity index (χ3v) is 8.79. The van der Waals surface area contributed by atoms with E-state index in [1.165, 1.54) is 0 Å². The molecule has 6 N–H and O–H groups in total. The number of hydrogen-bond acceptors (Lipinski definition) is 4. The van der Waals surface area contributed by atoms with Crippen LogP contribution in [-0.2, 0) is 5.41 Å². The molecule has 0 saturated carbocycles. The van der Waals surface area contributed by atoms with Crippen LogP contribution >= 0.6 is 0 Å². The van der Waals surface area contributed by atoms with Gasteiger partial charge in [-0.05, 0) is 93.0 Å². The summed E-state index contributed by atoms with van der Waals surface area (Å²) in [6.45, 7) is 0. The van der Waals surface area contributed by atoms with Crippen LogP contribution in [0.5, 0.6) is 11.5 Å². The van der Waals surface area contributed by atoms with Crippen LogP contribution in [0.3, 0.4) is 0 Å².